The highest BCUT2D eigenvalue weighted by Gasteiger charge is 2.55. The van der Waals surface area contributed by atoms with E-state index in [0.29, 0.717) is 5.56 Å². The molecule has 1 N–H and O–H groups in total. The fourth-order valence-corrected chi connectivity index (χ4v) is 10.1. The standard InChI is InChI=1S/C33H26NO7P/c1-21-27(30(36)37)34(28(21)35)29(32(39)41-33-26-20-12-11-19-25(26)31(38)40-33)42(22-13-5-2-6-14-22,23-15-7-3-8-16-23)24-17-9-4-10-18-24/h2-21,27,33H,1H3,(H,36,37). The molecule has 2 heterocycles. The number of carbonyl (C=O) groups is 4. The van der Waals surface area contributed by atoms with E-state index in [-0.39, 0.29) is 11.0 Å². The van der Waals surface area contributed by atoms with Crippen molar-refractivity contribution >= 4 is 52.0 Å². The number of cyclic esters (lactones) is 1. The van der Waals surface area contributed by atoms with Crippen LogP contribution < -0.4 is 15.9 Å². The summed E-state index contributed by atoms with van der Waals surface area (Å²) in [6.45, 7) is -1.76. The highest BCUT2D eigenvalue weighted by Crippen LogP contribution is 2.49. The molecule has 8 nitrogen and oxygen atoms in total. The van der Waals surface area contributed by atoms with Gasteiger partial charge in [0.1, 0.15) is 11.5 Å². The Labute approximate surface area is 242 Å². The highest BCUT2D eigenvalue weighted by atomic mass is 31.2. The summed E-state index contributed by atoms with van der Waals surface area (Å²) >= 11 is 0. The second kappa shape index (κ2) is 10.8. The number of hydrogen-bond acceptors (Lipinski definition) is 6. The Bertz CT molecular complexity index is 1650. The first-order valence-corrected chi connectivity index (χ1v) is 15.1. The molecule has 0 spiro atoms. The molecule has 3 atom stereocenters. The number of benzene rings is 4. The molecule has 1 saturated heterocycles. The third kappa shape index (κ3) is 4.23. The third-order valence-electron chi connectivity index (χ3n) is 7.65. The fraction of sp³-hybridized carbons (Fsp3) is 0.121. The topological polar surface area (TPSA) is 110 Å². The molecule has 210 valence electrons. The van der Waals surface area contributed by atoms with E-state index in [0.717, 1.165) is 20.8 Å². The molecule has 0 saturated carbocycles. The number of aliphatic carboxylic acids is 1. The Morgan fingerprint density at radius 2 is 1.24 bits per heavy atom. The first-order chi connectivity index (χ1) is 20.4. The molecule has 0 aromatic heterocycles. The van der Waals surface area contributed by atoms with Crippen molar-refractivity contribution in [2.45, 2.75) is 19.3 Å². The van der Waals surface area contributed by atoms with Gasteiger partial charge in [0.05, 0.1) is 11.5 Å². The number of fused-ring (bicyclic) bond motifs is 1. The number of esters is 2. The van der Waals surface area contributed by atoms with Crippen LogP contribution in [-0.2, 0) is 23.9 Å². The molecule has 2 aliphatic rings. The van der Waals surface area contributed by atoms with Gasteiger partial charge in [0.15, 0.2) is 0 Å². The Morgan fingerprint density at radius 3 is 1.74 bits per heavy atom. The van der Waals surface area contributed by atoms with Crippen LogP contribution in [0.25, 0.3) is 0 Å². The summed E-state index contributed by atoms with van der Waals surface area (Å²) in [4.78, 5) is 54.4. The van der Waals surface area contributed by atoms with Gasteiger partial charge in [-0.15, -0.1) is 0 Å². The lowest BCUT2D eigenvalue weighted by Crippen LogP contribution is -2.67. The van der Waals surface area contributed by atoms with Crippen LogP contribution in [0, 0.1) is 5.92 Å². The lowest BCUT2D eigenvalue weighted by molar-refractivity contribution is -0.167. The quantitative estimate of drug-likeness (QED) is 0.203. The van der Waals surface area contributed by atoms with E-state index in [1.807, 2.05) is 91.0 Å². The molecule has 0 bridgehead atoms. The SMILES string of the molecule is CC1C(=O)N(C(C(=O)OC2OC(=O)c3ccccc32)=P(c2ccccc2)(c2ccccc2)c2ccccc2)C1C(=O)O. The van der Waals surface area contributed by atoms with Crippen molar-refractivity contribution in [3.05, 3.63) is 126 Å². The predicted molar refractivity (Wildman–Crippen MR) is 158 cm³/mol. The second-order valence-corrected chi connectivity index (χ2v) is 13.3. The molecule has 3 unspecified atom stereocenters. The number of hydrogen-bond donors (Lipinski definition) is 1. The van der Waals surface area contributed by atoms with Crippen LogP contribution in [0.5, 0.6) is 0 Å². The van der Waals surface area contributed by atoms with Gasteiger partial charge in [-0.2, -0.15) is 0 Å². The van der Waals surface area contributed by atoms with Crippen molar-refractivity contribution in [2.75, 3.05) is 0 Å². The summed E-state index contributed by atoms with van der Waals surface area (Å²) in [7, 11) is 0. The molecule has 6 rings (SSSR count). The van der Waals surface area contributed by atoms with Gasteiger partial charge < -0.3 is 14.6 Å². The smallest absolute Gasteiger partial charge is 0.359 e. The first kappa shape index (κ1) is 27.2. The van der Waals surface area contributed by atoms with Gasteiger partial charge in [-0.1, -0.05) is 116 Å². The van der Waals surface area contributed by atoms with Gasteiger partial charge in [0.25, 0.3) is 6.29 Å². The van der Waals surface area contributed by atoms with E-state index in [1.165, 1.54) is 6.92 Å². The molecule has 0 aliphatic carbocycles. The number of carboxylic acid groups (broad SMARTS) is 1. The van der Waals surface area contributed by atoms with E-state index in [1.54, 1.807) is 24.3 Å². The molecule has 1 amide bonds. The molecular weight excluding hydrogens is 553 g/mol. The number of nitrogens with zero attached hydrogens (tertiary/aromatic N) is 1. The number of carboxylic acids is 1. The molecule has 4 aromatic carbocycles. The zero-order valence-corrected chi connectivity index (χ0v) is 23.4. The van der Waals surface area contributed by atoms with E-state index in [9.17, 15) is 24.3 Å². The molecule has 2 aliphatic heterocycles. The van der Waals surface area contributed by atoms with Gasteiger partial charge in [0.2, 0.25) is 5.91 Å². The first-order valence-electron chi connectivity index (χ1n) is 13.4. The minimum atomic E-state index is -3.29. The average molecular weight is 580 g/mol. The summed E-state index contributed by atoms with van der Waals surface area (Å²) in [5.41, 5.74) is 0.544. The Hall–Kier alpha value is -4.94. The van der Waals surface area contributed by atoms with Gasteiger partial charge in [-0.3, -0.25) is 9.69 Å². The van der Waals surface area contributed by atoms with Gasteiger partial charge in [0, 0.05) is 12.4 Å². The van der Waals surface area contributed by atoms with Gasteiger partial charge >= 0.3 is 17.9 Å². The van der Waals surface area contributed by atoms with E-state index >= 15 is 0 Å². The monoisotopic (exact) mass is 579 g/mol. The van der Waals surface area contributed by atoms with E-state index < -0.39 is 49.0 Å². The minimum absolute atomic E-state index is 0.0953. The van der Waals surface area contributed by atoms with Crippen LogP contribution in [0.4, 0.5) is 0 Å². The van der Waals surface area contributed by atoms with E-state index in [2.05, 4.69) is 0 Å². The maximum absolute atomic E-state index is 14.6. The summed E-state index contributed by atoms with van der Waals surface area (Å²) < 4.78 is 11.4. The van der Waals surface area contributed by atoms with Crippen molar-refractivity contribution in [2.24, 2.45) is 5.92 Å². The third-order valence-corrected chi connectivity index (χ3v) is 11.9. The number of ether oxygens (including phenoxy) is 2. The summed E-state index contributed by atoms with van der Waals surface area (Å²) in [6, 6.07) is 33.1. The van der Waals surface area contributed by atoms with Crippen LogP contribution in [0.2, 0.25) is 0 Å². The lowest BCUT2D eigenvalue weighted by Gasteiger charge is -2.46. The second-order valence-electron chi connectivity index (χ2n) is 10.0. The van der Waals surface area contributed by atoms with Crippen molar-refractivity contribution in [3.8, 4) is 0 Å². The van der Waals surface area contributed by atoms with Crippen molar-refractivity contribution in [1.82, 2.24) is 4.90 Å². The fourth-order valence-electron chi connectivity index (χ4n) is 5.71. The molecule has 9 heteroatoms. The molecule has 4 aromatic rings. The van der Waals surface area contributed by atoms with Gasteiger partial charge in [-0.05, 0) is 22.0 Å². The Morgan fingerprint density at radius 1 is 0.762 bits per heavy atom. The molecule has 1 fully saturated rings. The number of rotatable bonds is 7. The average Bonchev–Trinajstić information content (AvgIpc) is 3.34. The van der Waals surface area contributed by atoms with E-state index in [4.69, 9.17) is 9.47 Å². The summed E-state index contributed by atoms with van der Waals surface area (Å²) in [6.07, 6.45) is -1.36. The molecule has 0 radical (unpaired) electrons. The Balaban J connectivity index is 1.71. The van der Waals surface area contributed by atoms with Crippen LogP contribution in [-0.4, -0.2) is 45.3 Å². The van der Waals surface area contributed by atoms with Crippen molar-refractivity contribution < 1.29 is 33.8 Å². The van der Waals surface area contributed by atoms with Crippen LogP contribution in [0.15, 0.2) is 115 Å². The minimum Gasteiger partial charge on any atom is -0.480 e. The predicted octanol–water partition coefficient (Wildman–Crippen LogP) is 3.45. The normalized spacial score (nSPS) is 19.4. The van der Waals surface area contributed by atoms with Crippen LogP contribution in [0.3, 0.4) is 0 Å². The number of amides is 1. The summed E-state index contributed by atoms with van der Waals surface area (Å²) in [5.74, 6) is -4.19. The van der Waals surface area contributed by atoms with Crippen molar-refractivity contribution in [3.63, 3.8) is 0 Å². The molecule has 42 heavy (non-hydrogen) atoms. The highest BCUT2D eigenvalue weighted by molar-refractivity contribution is 7.96. The zero-order chi connectivity index (χ0) is 29.4. The summed E-state index contributed by atoms with van der Waals surface area (Å²) in [5, 5.41) is 12.4. The maximum Gasteiger partial charge on any atom is 0.359 e. The zero-order valence-electron chi connectivity index (χ0n) is 22.5. The number of likely N-dealkylation sites (tertiary alicyclic amines) is 1. The van der Waals surface area contributed by atoms with Crippen LogP contribution in [0.1, 0.15) is 29.1 Å². The van der Waals surface area contributed by atoms with Crippen molar-refractivity contribution in [1.29, 1.82) is 0 Å². The van der Waals surface area contributed by atoms with Gasteiger partial charge in [-0.25, -0.2) is 14.4 Å². The number of carbonyl (C=O) groups excluding carboxylic acids is 3. The maximum atomic E-state index is 14.6. The van der Waals surface area contributed by atoms with Crippen LogP contribution >= 0.6 is 6.89 Å². The largest absolute Gasteiger partial charge is 0.480 e. The number of β-lactam (4-membered cyclic amide) rings is 1. The lowest BCUT2D eigenvalue weighted by atomic mass is 9.89. The molecular formula is C33H26NO7P. The Kier molecular flexibility index (Phi) is 7.01.